The molecule has 128 valence electrons. The first-order valence-electron chi connectivity index (χ1n) is 8.40. The summed E-state index contributed by atoms with van der Waals surface area (Å²) in [4.78, 5) is 23.5. The van der Waals surface area contributed by atoms with Crippen molar-refractivity contribution >= 4 is 11.9 Å². The van der Waals surface area contributed by atoms with E-state index in [-0.39, 0.29) is 11.3 Å². The maximum absolute atomic E-state index is 12.2. The van der Waals surface area contributed by atoms with Crippen LogP contribution in [0.2, 0.25) is 0 Å². The summed E-state index contributed by atoms with van der Waals surface area (Å²) in [6.45, 7) is 8.44. The van der Waals surface area contributed by atoms with Gasteiger partial charge in [-0.2, -0.15) is 0 Å². The molecule has 0 aliphatic carbocycles. The zero-order valence-corrected chi connectivity index (χ0v) is 14.7. The van der Waals surface area contributed by atoms with Crippen LogP contribution in [-0.4, -0.2) is 23.0 Å². The molecular formula is C19H29NO3. The predicted molar refractivity (Wildman–Crippen MR) is 92.8 cm³/mol. The molecular weight excluding hydrogens is 290 g/mol. The summed E-state index contributed by atoms with van der Waals surface area (Å²) < 4.78 is 0. The predicted octanol–water partition coefficient (Wildman–Crippen LogP) is 4.14. The molecule has 0 radical (unpaired) electrons. The molecule has 0 bridgehead atoms. The van der Waals surface area contributed by atoms with Crippen molar-refractivity contribution in [3.05, 3.63) is 35.4 Å². The first kappa shape index (κ1) is 19.2. The number of hydrogen-bond acceptors (Lipinski definition) is 2. The van der Waals surface area contributed by atoms with Crippen LogP contribution >= 0.6 is 0 Å². The third kappa shape index (κ3) is 6.43. The van der Waals surface area contributed by atoms with Gasteiger partial charge >= 0.3 is 5.97 Å². The first-order valence-corrected chi connectivity index (χ1v) is 8.40. The first-order chi connectivity index (χ1) is 10.8. The van der Waals surface area contributed by atoms with Crippen molar-refractivity contribution in [2.75, 3.05) is 0 Å². The average Bonchev–Trinajstić information content (AvgIpc) is 2.49. The van der Waals surface area contributed by atoms with Gasteiger partial charge in [-0.25, -0.2) is 4.79 Å². The van der Waals surface area contributed by atoms with Gasteiger partial charge in [0.15, 0.2) is 0 Å². The largest absolute Gasteiger partial charge is 0.480 e. The monoisotopic (exact) mass is 319 g/mol. The topological polar surface area (TPSA) is 66.4 Å². The molecule has 1 aromatic rings. The zero-order valence-electron chi connectivity index (χ0n) is 14.7. The molecule has 0 fully saturated rings. The Morgan fingerprint density at radius 2 is 1.70 bits per heavy atom. The van der Waals surface area contributed by atoms with E-state index in [1.54, 1.807) is 12.1 Å². The van der Waals surface area contributed by atoms with Crippen LogP contribution in [0.15, 0.2) is 24.3 Å². The van der Waals surface area contributed by atoms with Gasteiger partial charge in [0.2, 0.25) is 0 Å². The minimum absolute atomic E-state index is 0.0257. The number of rotatable bonds is 8. The number of nitrogens with one attached hydrogen (secondary N) is 1. The summed E-state index contributed by atoms with van der Waals surface area (Å²) in [7, 11) is 0. The molecule has 0 saturated carbocycles. The Kier molecular flexibility index (Phi) is 7.27. The molecule has 0 heterocycles. The van der Waals surface area contributed by atoms with E-state index in [0.29, 0.717) is 12.0 Å². The Labute approximate surface area is 139 Å². The molecule has 1 amide bonds. The van der Waals surface area contributed by atoms with E-state index in [1.165, 1.54) is 0 Å². The van der Waals surface area contributed by atoms with Crippen LogP contribution in [0, 0.1) is 0 Å². The van der Waals surface area contributed by atoms with Crippen LogP contribution < -0.4 is 5.32 Å². The number of carboxylic acids is 1. The van der Waals surface area contributed by atoms with Crippen molar-refractivity contribution in [3.8, 4) is 0 Å². The molecule has 1 atom stereocenters. The SMILES string of the molecule is CCCCCC[C@H](NC(=O)c1ccc(C(C)(C)C)cc1)C(=O)O. The Balaban J connectivity index is 2.66. The van der Waals surface area contributed by atoms with E-state index in [0.717, 1.165) is 31.2 Å². The summed E-state index contributed by atoms with van der Waals surface area (Å²) in [6, 6.07) is 6.54. The van der Waals surface area contributed by atoms with Crippen molar-refractivity contribution in [3.63, 3.8) is 0 Å². The molecule has 1 aromatic carbocycles. The van der Waals surface area contributed by atoms with Crippen LogP contribution in [0.3, 0.4) is 0 Å². The lowest BCUT2D eigenvalue weighted by Gasteiger charge is -2.19. The Morgan fingerprint density at radius 1 is 1.09 bits per heavy atom. The third-order valence-electron chi connectivity index (χ3n) is 3.96. The maximum atomic E-state index is 12.2. The number of carbonyl (C=O) groups excluding carboxylic acids is 1. The van der Waals surface area contributed by atoms with Crippen LogP contribution in [-0.2, 0) is 10.2 Å². The van der Waals surface area contributed by atoms with Crippen molar-refractivity contribution in [2.24, 2.45) is 0 Å². The van der Waals surface area contributed by atoms with Gasteiger partial charge in [-0.05, 0) is 29.5 Å². The van der Waals surface area contributed by atoms with Crippen LogP contribution in [0.1, 0.15) is 75.7 Å². The molecule has 0 saturated heterocycles. The van der Waals surface area contributed by atoms with Crippen LogP contribution in [0.25, 0.3) is 0 Å². The highest BCUT2D eigenvalue weighted by atomic mass is 16.4. The molecule has 0 aliphatic heterocycles. The second-order valence-corrected chi connectivity index (χ2v) is 7.04. The Morgan fingerprint density at radius 3 is 2.17 bits per heavy atom. The number of amides is 1. The maximum Gasteiger partial charge on any atom is 0.326 e. The van der Waals surface area contributed by atoms with E-state index < -0.39 is 12.0 Å². The van der Waals surface area contributed by atoms with Crippen molar-refractivity contribution in [1.29, 1.82) is 0 Å². The van der Waals surface area contributed by atoms with Gasteiger partial charge < -0.3 is 10.4 Å². The standard InChI is InChI=1S/C19H29NO3/c1-5-6-7-8-9-16(18(22)23)20-17(21)14-10-12-15(13-11-14)19(2,3)4/h10-13,16H,5-9H2,1-4H3,(H,20,21)(H,22,23)/t16-/m0/s1. The highest BCUT2D eigenvalue weighted by Gasteiger charge is 2.20. The molecule has 0 aliphatic rings. The normalized spacial score (nSPS) is 12.7. The number of benzene rings is 1. The lowest BCUT2D eigenvalue weighted by atomic mass is 9.86. The number of carbonyl (C=O) groups is 2. The molecule has 23 heavy (non-hydrogen) atoms. The average molecular weight is 319 g/mol. The number of aliphatic carboxylic acids is 1. The van der Waals surface area contributed by atoms with Gasteiger partial charge in [0.05, 0.1) is 0 Å². The smallest absolute Gasteiger partial charge is 0.326 e. The van der Waals surface area contributed by atoms with Crippen LogP contribution in [0.5, 0.6) is 0 Å². The second kappa shape index (κ2) is 8.70. The summed E-state index contributed by atoms with van der Waals surface area (Å²) in [5.74, 6) is -1.30. The molecule has 2 N–H and O–H groups in total. The number of unbranched alkanes of at least 4 members (excludes halogenated alkanes) is 3. The van der Waals surface area contributed by atoms with Crippen molar-refractivity contribution < 1.29 is 14.7 Å². The lowest BCUT2D eigenvalue weighted by molar-refractivity contribution is -0.139. The van der Waals surface area contributed by atoms with Gasteiger partial charge in [-0.1, -0.05) is 65.5 Å². The van der Waals surface area contributed by atoms with Gasteiger partial charge in [0.1, 0.15) is 6.04 Å². The molecule has 4 nitrogen and oxygen atoms in total. The summed E-state index contributed by atoms with van der Waals surface area (Å²) >= 11 is 0. The quantitative estimate of drug-likeness (QED) is 0.708. The fraction of sp³-hybridized carbons (Fsp3) is 0.579. The highest BCUT2D eigenvalue weighted by Crippen LogP contribution is 2.22. The summed E-state index contributed by atoms with van der Waals surface area (Å²) in [5.41, 5.74) is 1.67. The number of hydrogen-bond donors (Lipinski definition) is 2. The summed E-state index contributed by atoms with van der Waals surface area (Å²) in [6.07, 6.45) is 4.48. The molecule has 0 aromatic heterocycles. The molecule has 0 spiro atoms. The number of carboxylic acid groups (broad SMARTS) is 1. The molecule has 1 rings (SSSR count). The van der Waals surface area contributed by atoms with E-state index >= 15 is 0 Å². The zero-order chi connectivity index (χ0) is 17.5. The Bertz CT molecular complexity index is 514. The Hall–Kier alpha value is -1.84. The fourth-order valence-electron chi connectivity index (χ4n) is 2.40. The van der Waals surface area contributed by atoms with Gasteiger partial charge in [-0.3, -0.25) is 4.79 Å². The van der Waals surface area contributed by atoms with Gasteiger partial charge in [0, 0.05) is 5.56 Å². The highest BCUT2D eigenvalue weighted by molar-refractivity contribution is 5.96. The minimum Gasteiger partial charge on any atom is -0.480 e. The van der Waals surface area contributed by atoms with E-state index in [2.05, 4.69) is 33.0 Å². The van der Waals surface area contributed by atoms with Gasteiger partial charge in [0.25, 0.3) is 5.91 Å². The van der Waals surface area contributed by atoms with Crippen molar-refractivity contribution in [2.45, 2.75) is 71.3 Å². The third-order valence-corrected chi connectivity index (χ3v) is 3.96. The van der Waals surface area contributed by atoms with Gasteiger partial charge in [-0.15, -0.1) is 0 Å². The molecule has 0 unspecified atom stereocenters. The second-order valence-electron chi connectivity index (χ2n) is 7.04. The van der Waals surface area contributed by atoms with E-state index in [9.17, 15) is 14.7 Å². The minimum atomic E-state index is -0.971. The van der Waals surface area contributed by atoms with E-state index in [4.69, 9.17) is 0 Å². The molecule has 4 heteroatoms. The van der Waals surface area contributed by atoms with E-state index in [1.807, 2.05) is 12.1 Å². The van der Waals surface area contributed by atoms with Crippen LogP contribution in [0.4, 0.5) is 0 Å². The summed E-state index contributed by atoms with van der Waals surface area (Å²) in [5, 5.41) is 11.9. The van der Waals surface area contributed by atoms with Crippen molar-refractivity contribution in [1.82, 2.24) is 5.32 Å². The fourth-order valence-corrected chi connectivity index (χ4v) is 2.40. The lowest BCUT2D eigenvalue weighted by Crippen LogP contribution is -2.40.